The van der Waals surface area contributed by atoms with Crippen LogP contribution in [0.4, 0.5) is 0 Å². The molecule has 2 unspecified atom stereocenters. The van der Waals surface area contributed by atoms with Crippen LogP contribution < -0.4 is 0 Å². The highest BCUT2D eigenvalue weighted by atomic mass is 16.9. The van der Waals surface area contributed by atoms with E-state index >= 15 is 0 Å². The van der Waals surface area contributed by atoms with E-state index < -0.39 is 60.7 Å². The maximum absolute atomic E-state index is 11.7. The Labute approximate surface area is 163 Å². The lowest BCUT2D eigenvalue weighted by molar-refractivity contribution is -0.352. The summed E-state index contributed by atoms with van der Waals surface area (Å²) in [6.45, 7) is 10.3. The Hall–Kier alpha value is -2.01. The lowest BCUT2D eigenvalue weighted by Gasteiger charge is -2.40. The molecule has 0 saturated carbocycles. The predicted octanol–water partition coefficient (Wildman–Crippen LogP) is 0.818. The Balaban J connectivity index is 2.30. The molecule has 0 aromatic rings. The quantitative estimate of drug-likeness (QED) is 0.344. The highest BCUT2D eigenvalue weighted by Gasteiger charge is 2.59. The molecule has 2 heterocycles. The summed E-state index contributed by atoms with van der Waals surface area (Å²) in [5, 5.41) is 0. The minimum atomic E-state index is -1.52. The van der Waals surface area contributed by atoms with Gasteiger partial charge in [-0.1, -0.05) is 6.08 Å². The van der Waals surface area contributed by atoms with Crippen molar-refractivity contribution < 1.29 is 47.5 Å². The summed E-state index contributed by atoms with van der Waals surface area (Å²) >= 11 is 0. The third kappa shape index (κ3) is 5.51. The van der Waals surface area contributed by atoms with Gasteiger partial charge in [0.15, 0.2) is 24.6 Å². The molecule has 2 saturated heterocycles. The van der Waals surface area contributed by atoms with Gasteiger partial charge in [0.1, 0.15) is 12.7 Å². The van der Waals surface area contributed by atoms with Crippen molar-refractivity contribution in [1.82, 2.24) is 0 Å². The van der Waals surface area contributed by atoms with Crippen LogP contribution in [0, 0.1) is 0 Å². The lowest BCUT2D eigenvalue weighted by atomic mass is 9.98. The molecule has 10 heteroatoms. The summed E-state index contributed by atoms with van der Waals surface area (Å²) in [6, 6.07) is 0. The highest BCUT2D eigenvalue weighted by Crippen LogP contribution is 2.40. The van der Waals surface area contributed by atoms with E-state index in [9.17, 15) is 14.4 Å². The van der Waals surface area contributed by atoms with Crippen molar-refractivity contribution in [3.8, 4) is 0 Å². The minimum Gasteiger partial charge on any atom is -0.463 e. The number of carbonyl (C=O) groups excluding carboxylic acids is 3. The second-order valence-corrected chi connectivity index (χ2v) is 6.61. The molecule has 0 amide bonds. The van der Waals surface area contributed by atoms with Crippen LogP contribution in [0.1, 0.15) is 34.6 Å². The van der Waals surface area contributed by atoms with Gasteiger partial charge in [-0.15, -0.1) is 6.58 Å². The van der Waals surface area contributed by atoms with Crippen LogP contribution in [0.15, 0.2) is 12.7 Å². The Bertz CT molecular complexity index is 619. The van der Waals surface area contributed by atoms with Crippen LogP contribution in [0.2, 0.25) is 0 Å². The molecule has 2 aliphatic rings. The average molecular weight is 402 g/mol. The minimum absolute atomic E-state index is 0.238. The number of fused-ring (bicyclic) bond motifs is 1. The van der Waals surface area contributed by atoms with Gasteiger partial charge in [0, 0.05) is 27.7 Å². The Morgan fingerprint density at radius 3 is 2.21 bits per heavy atom. The predicted molar refractivity (Wildman–Crippen MR) is 91.5 cm³/mol. The number of rotatable bonds is 7. The van der Waals surface area contributed by atoms with Gasteiger partial charge in [0.05, 0.1) is 6.10 Å². The fraction of sp³-hybridized carbons (Fsp3) is 0.722. The van der Waals surface area contributed by atoms with Gasteiger partial charge < -0.3 is 28.4 Å². The van der Waals surface area contributed by atoms with E-state index in [0.717, 1.165) is 0 Å². The zero-order valence-electron chi connectivity index (χ0n) is 16.5. The van der Waals surface area contributed by atoms with Crippen molar-refractivity contribution in [3.63, 3.8) is 0 Å². The zero-order valence-corrected chi connectivity index (χ0v) is 16.5. The third-order valence-corrected chi connectivity index (χ3v) is 4.06. The Morgan fingerprint density at radius 2 is 1.68 bits per heavy atom. The standard InChI is InChI=1S/C18H26O10/c1-7-9(2)26-18(6)27-16-15(24-12(5)21)14(23-11(4)20)13(8-22-10(3)19)25-17(16)28-18/h7,9,13-17H,1,8H2,2-6H3/t9?,13-,14-,15+,16-,17-,18?/m1/s1. The second kappa shape index (κ2) is 8.99. The first-order valence-electron chi connectivity index (χ1n) is 8.84. The van der Waals surface area contributed by atoms with Crippen molar-refractivity contribution in [1.29, 1.82) is 0 Å². The molecule has 7 atom stereocenters. The number of carbonyl (C=O) groups is 3. The Morgan fingerprint density at radius 1 is 1.07 bits per heavy atom. The van der Waals surface area contributed by atoms with Crippen molar-refractivity contribution in [2.75, 3.05) is 6.61 Å². The first kappa shape index (κ1) is 22.3. The van der Waals surface area contributed by atoms with Gasteiger partial charge in [-0.2, -0.15) is 0 Å². The smallest absolute Gasteiger partial charge is 0.303 e. The Kier molecular flexibility index (Phi) is 7.16. The summed E-state index contributed by atoms with van der Waals surface area (Å²) in [7, 11) is 0. The van der Waals surface area contributed by atoms with Crippen molar-refractivity contribution in [2.45, 2.75) is 77.4 Å². The molecule has 0 aromatic heterocycles. The topological polar surface area (TPSA) is 116 Å². The van der Waals surface area contributed by atoms with Crippen molar-refractivity contribution >= 4 is 17.9 Å². The van der Waals surface area contributed by atoms with Crippen LogP contribution in [0.3, 0.4) is 0 Å². The normalized spacial score (nSPS) is 35.4. The summed E-state index contributed by atoms with van der Waals surface area (Å²) in [6.07, 6.45) is -3.90. The van der Waals surface area contributed by atoms with Gasteiger partial charge in [0.25, 0.3) is 5.97 Å². The molecule has 0 spiro atoms. The number of hydrogen-bond donors (Lipinski definition) is 0. The first-order valence-corrected chi connectivity index (χ1v) is 8.84. The fourth-order valence-electron chi connectivity index (χ4n) is 3.02. The molecular weight excluding hydrogens is 376 g/mol. The van der Waals surface area contributed by atoms with Crippen LogP contribution >= 0.6 is 0 Å². The molecule has 10 nitrogen and oxygen atoms in total. The summed E-state index contributed by atoms with van der Waals surface area (Å²) in [5.74, 6) is -3.31. The molecular formula is C18H26O10. The second-order valence-electron chi connectivity index (χ2n) is 6.61. The maximum Gasteiger partial charge on any atom is 0.303 e. The van der Waals surface area contributed by atoms with Crippen LogP contribution in [0.5, 0.6) is 0 Å². The average Bonchev–Trinajstić information content (AvgIpc) is 2.90. The highest BCUT2D eigenvalue weighted by molar-refractivity contribution is 5.67. The van der Waals surface area contributed by atoms with Gasteiger partial charge in [-0.05, 0) is 6.92 Å². The molecule has 0 N–H and O–H groups in total. The third-order valence-electron chi connectivity index (χ3n) is 4.06. The first-order chi connectivity index (χ1) is 13.0. The number of esters is 3. The molecule has 0 bridgehead atoms. The molecule has 2 fully saturated rings. The summed E-state index contributed by atoms with van der Waals surface area (Å²) in [4.78, 5) is 34.5. The summed E-state index contributed by atoms with van der Waals surface area (Å²) in [5.41, 5.74) is 0. The monoisotopic (exact) mass is 402 g/mol. The molecule has 0 radical (unpaired) electrons. The molecule has 158 valence electrons. The molecule has 0 aromatic carbocycles. The summed E-state index contributed by atoms with van der Waals surface area (Å²) < 4.78 is 38.7. The fourth-order valence-corrected chi connectivity index (χ4v) is 3.02. The van der Waals surface area contributed by atoms with Crippen LogP contribution in [-0.2, 0) is 47.5 Å². The van der Waals surface area contributed by atoms with Crippen molar-refractivity contribution in [3.05, 3.63) is 12.7 Å². The molecule has 2 rings (SSSR count). The lowest BCUT2D eigenvalue weighted by Crippen LogP contribution is -2.60. The van der Waals surface area contributed by atoms with Crippen LogP contribution in [-0.4, -0.2) is 67.3 Å². The molecule has 2 aliphatic heterocycles. The van der Waals surface area contributed by atoms with Gasteiger partial charge in [0.2, 0.25) is 0 Å². The number of ether oxygens (including phenoxy) is 7. The van der Waals surface area contributed by atoms with E-state index in [-0.39, 0.29) is 6.61 Å². The maximum atomic E-state index is 11.7. The number of hydrogen-bond acceptors (Lipinski definition) is 10. The SMILES string of the molecule is C=CC(C)OC1(C)O[C@H]2O[C@H](COC(C)=O)[C@@H](OC(C)=O)[C@H](OC(C)=O)[C@H]2O1. The largest absolute Gasteiger partial charge is 0.463 e. The van der Waals surface area contributed by atoms with E-state index in [2.05, 4.69) is 6.58 Å². The zero-order chi connectivity index (χ0) is 21.1. The van der Waals surface area contributed by atoms with Gasteiger partial charge in [-0.3, -0.25) is 19.1 Å². The molecule has 0 aliphatic carbocycles. The van der Waals surface area contributed by atoms with E-state index in [1.807, 2.05) is 0 Å². The molecule has 28 heavy (non-hydrogen) atoms. The van der Waals surface area contributed by atoms with E-state index in [0.29, 0.717) is 0 Å². The van der Waals surface area contributed by atoms with Gasteiger partial charge in [-0.25, -0.2) is 0 Å². The van der Waals surface area contributed by atoms with E-state index in [1.54, 1.807) is 13.0 Å². The van der Waals surface area contributed by atoms with E-state index in [1.165, 1.54) is 27.7 Å². The van der Waals surface area contributed by atoms with E-state index in [4.69, 9.17) is 33.2 Å². The van der Waals surface area contributed by atoms with Crippen LogP contribution in [0.25, 0.3) is 0 Å². The van der Waals surface area contributed by atoms with Gasteiger partial charge >= 0.3 is 17.9 Å². The van der Waals surface area contributed by atoms with Crippen molar-refractivity contribution in [2.24, 2.45) is 0 Å².